The predicted molar refractivity (Wildman–Crippen MR) is 53.6 cm³/mol. The highest BCUT2D eigenvalue weighted by Crippen LogP contribution is 2.10. The Kier molecular flexibility index (Phi) is 8.35. The minimum absolute atomic E-state index is 0.135. The molecule has 0 aliphatic heterocycles. The largest absolute Gasteiger partial charge is 0.681 e. The molecule has 0 aromatic rings. The monoisotopic (exact) mass is 224 g/mol. The second-order valence-corrected chi connectivity index (χ2v) is 4.60. The molecule has 0 N–H and O–H groups in total. The van der Waals surface area contributed by atoms with Crippen LogP contribution in [0.3, 0.4) is 0 Å². The Morgan fingerprint density at radius 1 is 0.857 bits per heavy atom. The zero-order chi connectivity index (χ0) is 10.9. The van der Waals surface area contributed by atoms with E-state index in [9.17, 15) is 0 Å². The second kappa shape index (κ2) is 8.34. The van der Waals surface area contributed by atoms with Crippen LogP contribution in [0.15, 0.2) is 0 Å². The van der Waals surface area contributed by atoms with E-state index < -0.39 is 9.05 Å². The Morgan fingerprint density at radius 2 is 1.43 bits per heavy atom. The summed E-state index contributed by atoms with van der Waals surface area (Å²) in [6, 6.07) is 0. The lowest BCUT2D eigenvalue weighted by atomic mass is 10.9. The molecule has 0 saturated carbocycles. The molecule has 0 aromatic carbocycles. The normalized spacial score (nSPS) is 12.0. The molecule has 0 unspecified atom stereocenters. The van der Waals surface area contributed by atoms with Crippen LogP contribution in [0.25, 0.3) is 0 Å². The standard InChI is InChI=1S/C8H20O5Si/c1-5-10-8-13-14(9-4,11-6-2)12-7-3/h5-8H2,1-4H3. The van der Waals surface area contributed by atoms with E-state index in [1.807, 2.05) is 20.8 Å². The third-order valence-corrected chi connectivity index (χ3v) is 3.67. The van der Waals surface area contributed by atoms with Crippen molar-refractivity contribution in [2.75, 3.05) is 33.7 Å². The molecule has 0 spiro atoms. The summed E-state index contributed by atoms with van der Waals surface area (Å²) in [5.74, 6) is 0. The van der Waals surface area contributed by atoms with Gasteiger partial charge in [0.1, 0.15) is 6.79 Å². The average molecular weight is 224 g/mol. The van der Waals surface area contributed by atoms with Crippen LogP contribution in [0.4, 0.5) is 0 Å². The van der Waals surface area contributed by atoms with Crippen LogP contribution in [0.2, 0.25) is 0 Å². The first-order valence-electron chi connectivity index (χ1n) is 4.79. The molecule has 0 aromatic heterocycles. The van der Waals surface area contributed by atoms with Crippen LogP contribution in [-0.2, 0) is 22.4 Å². The van der Waals surface area contributed by atoms with Crippen LogP contribution >= 0.6 is 0 Å². The smallest absolute Gasteiger partial charge is 0.356 e. The summed E-state index contributed by atoms with van der Waals surface area (Å²) in [6.45, 7) is 7.33. The molecule has 0 aliphatic carbocycles. The third-order valence-electron chi connectivity index (χ3n) is 1.42. The van der Waals surface area contributed by atoms with Gasteiger partial charge in [0.2, 0.25) is 0 Å². The first-order chi connectivity index (χ1) is 6.74. The highest BCUT2D eigenvalue weighted by molar-refractivity contribution is 6.53. The molecule has 0 aliphatic rings. The Hall–Kier alpha value is 0.0169. The maximum atomic E-state index is 5.36. The minimum atomic E-state index is -2.93. The van der Waals surface area contributed by atoms with E-state index in [1.165, 1.54) is 7.11 Å². The Balaban J connectivity index is 4.03. The highest BCUT2D eigenvalue weighted by atomic mass is 28.4. The summed E-state index contributed by atoms with van der Waals surface area (Å²) in [5.41, 5.74) is 0. The van der Waals surface area contributed by atoms with Crippen LogP contribution in [-0.4, -0.2) is 42.8 Å². The molecule has 5 nitrogen and oxygen atoms in total. The zero-order valence-electron chi connectivity index (χ0n) is 9.37. The van der Waals surface area contributed by atoms with Gasteiger partial charge >= 0.3 is 9.05 Å². The van der Waals surface area contributed by atoms with Crippen LogP contribution in [0, 0.1) is 0 Å². The Morgan fingerprint density at radius 3 is 1.79 bits per heavy atom. The van der Waals surface area contributed by atoms with Gasteiger partial charge in [-0.25, -0.2) is 0 Å². The zero-order valence-corrected chi connectivity index (χ0v) is 10.4. The maximum absolute atomic E-state index is 5.36. The SMILES string of the molecule is CCOCO[Si](OC)(OCC)OCC. The van der Waals surface area contributed by atoms with Gasteiger partial charge in [0, 0.05) is 26.9 Å². The molecule has 0 fully saturated rings. The van der Waals surface area contributed by atoms with Crippen molar-refractivity contribution >= 4 is 9.05 Å². The number of hydrogen-bond acceptors (Lipinski definition) is 5. The highest BCUT2D eigenvalue weighted by Gasteiger charge is 2.44. The summed E-state index contributed by atoms with van der Waals surface area (Å²) in [4.78, 5) is 0. The second-order valence-electron chi connectivity index (χ2n) is 2.33. The van der Waals surface area contributed by atoms with Crippen molar-refractivity contribution in [1.29, 1.82) is 0 Å². The van der Waals surface area contributed by atoms with E-state index in [0.29, 0.717) is 19.8 Å². The molecule has 0 atom stereocenters. The number of ether oxygens (including phenoxy) is 1. The van der Waals surface area contributed by atoms with Crippen LogP contribution in [0.5, 0.6) is 0 Å². The van der Waals surface area contributed by atoms with Crippen molar-refractivity contribution in [2.45, 2.75) is 20.8 Å². The topological polar surface area (TPSA) is 46.2 Å². The van der Waals surface area contributed by atoms with Gasteiger partial charge < -0.3 is 22.4 Å². The molecule has 86 valence electrons. The molecular formula is C8H20O5Si. The van der Waals surface area contributed by atoms with Gasteiger partial charge in [-0.3, -0.25) is 0 Å². The summed E-state index contributed by atoms with van der Waals surface area (Å²) in [7, 11) is -1.41. The Bertz CT molecular complexity index is 127. The molecule has 14 heavy (non-hydrogen) atoms. The number of rotatable bonds is 9. The van der Waals surface area contributed by atoms with Gasteiger partial charge in [0.05, 0.1) is 0 Å². The lowest BCUT2D eigenvalue weighted by Gasteiger charge is -2.25. The van der Waals surface area contributed by atoms with Crippen molar-refractivity contribution in [3.05, 3.63) is 0 Å². The molecule has 0 amide bonds. The molecule has 0 saturated heterocycles. The molecule has 0 radical (unpaired) electrons. The molecule has 6 heteroatoms. The fourth-order valence-electron chi connectivity index (χ4n) is 0.852. The van der Waals surface area contributed by atoms with Crippen LogP contribution < -0.4 is 0 Å². The van der Waals surface area contributed by atoms with Crippen LogP contribution in [0.1, 0.15) is 20.8 Å². The number of hydrogen-bond donors (Lipinski definition) is 0. The van der Waals surface area contributed by atoms with Crippen molar-refractivity contribution < 1.29 is 22.4 Å². The van der Waals surface area contributed by atoms with Crippen molar-refractivity contribution in [2.24, 2.45) is 0 Å². The van der Waals surface area contributed by atoms with Crippen molar-refractivity contribution in [1.82, 2.24) is 0 Å². The maximum Gasteiger partial charge on any atom is 0.681 e. The molecule has 0 rings (SSSR count). The van der Waals surface area contributed by atoms with E-state index in [2.05, 4.69) is 0 Å². The van der Waals surface area contributed by atoms with Gasteiger partial charge in [0.15, 0.2) is 0 Å². The van der Waals surface area contributed by atoms with Gasteiger partial charge in [-0.1, -0.05) is 0 Å². The molecular weight excluding hydrogens is 204 g/mol. The van der Waals surface area contributed by atoms with Gasteiger partial charge in [-0.2, -0.15) is 0 Å². The molecule has 0 bridgehead atoms. The minimum Gasteiger partial charge on any atom is -0.356 e. The van der Waals surface area contributed by atoms with E-state index in [-0.39, 0.29) is 6.79 Å². The van der Waals surface area contributed by atoms with Gasteiger partial charge in [-0.05, 0) is 20.8 Å². The average Bonchev–Trinajstić information content (AvgIpc) is 2.19. The predicted octanol–water partition coefficient (Wildman–Crippen LogP) is 1.15. The third kappa shape index (κ3) is 5.04. The summed E-state index contributed by atoms with van der Waals surface area (Å²) < 4.78 is 26.3. The lowest BCUT2D eigenvalue weighted by Crippen LogP contribution is -2.48. The van der Waals surface area contributed by atoms with E-state index in [1.54, 1.807) is 0 Å². The summed E-state index contributed by atoms with van der Waals surface area (Å²) in [5, 5.41) is 0. The summed E-state index contributed by atoms with van der Waals surface area (Å²) in [6.07, 6.45) is 0. The fraction of sp³-hybridized carbons (Fsp3) is 1.00. The van der Waals surface area contributed by atoms with Gasteiger partial charge in [-0.15, -0.1) is 0 Å². The van der Waals surface area contributed by atoms with E-state index in [0.717, 1.165) is 0 Å². The quantitative estimate of drug-likeness (QED) is 0.334. The molecule has 0 heterocycles. The van der Waals surface area contributed by atoms with E-state index in [4.69, 9.17) is 22.4 Å². The first kappa shape index (κ1) is 14.0. The first-order valence-corrected chi connectivity index (χ1v) is 6.42. The Labute approximate surface area is 86.7 Å². The van der Waals surface area contributed by atoms with Gasteiger partial charge in [0.25, 0.3) is 0 Å². The van der Waals surface area contributed by atoms with Crippen molar-refractivity contribution in [3.63, 3.8) is 0 Å². The van der Waals surface area contributed by atoms with E-state index >= 15 is 0 Å². The summed E-state index contributed by atoms with van der Waals surface area (Å²) >= 11 is 0. The lowest BCUT2D eigenvalue weighted by molar-refractivity contribution is -0.0803. The fourth-order valence-corrected chi connectivity index (χ4v) is 2.39. The van der Waals surface area contributed by atoms with Crippen molar-refractivity contribution in [3.8, 4) is 0 Å².